The molecule has 1 aliphatic heterocycles. The Kier molecular flexibility index (Phi) is 3.89. The normalized spacial score (nSPS) is 15.3. The number of rotatable bonds is 3. The van der Waals surface area contributed by atoms with Crippen LogP contribution in [0.5, 0.6) is 0 Å². The van der Waals surface area contributed by atoms with Crippen LogP contribution >= 0.6 is 0 Å². The first-order valence-corrected chi connectivity index (χ1v) is 6.94. The lowest BCUT2D eigenvalue weighted by Gasteiger charge is -2.18. The number of pyridine rings is 2. The Labute approximate surface area is 130 Å². The number of alkyl halides is 3. The summed E-state index contributed by atoms with van der Waals surface area (Å²) in [6, 6.07) is 5.51. The number of hydrogen-bond acceptors (Lipinski definition) is 3. The first-order valence-electron chi connectivity index (χ1n) is 6.94. The van der Waals surface area contributed by atoms with Gasteiger partial charge in [-0.1, -0.05) is 6.07 Å². The van der Waals surface area contributed by atoms with Crippen molar-refractivity contribution in [1.82, 2.24) is 14.9 Å². The van der Waals surface area contributed by atoms with E-state index in [2.05, 4.69) is 9.97 Å². The van der Waals surface area contributed by atoms with Crippen molar-refractivity contribution in [3.63, 3.8) is 0 Å². The van der Waals surface area contributed by atoms with Gasteiger partial charge in [0.25, 0.3) is 0 Å². The number of nitrogens with zero attached hydrogens (tertiary/aromatic N) is 4. The number of amides is 2. The maximum absolute atomic E-state index is 12.5. The molecule has 2 aromatic heterocycles. The van der Waals surface area contributed by atoms with Gasteiger partial charge in [-0.25, -0.2) is 9.78 Å². The van der Waals surface area contributed by atoms with Crippen LogP contribution in [0.15, 0.2) is 42.9 Å². The predicted octanol–water partition coefficient (Wildman–Crippen LogP) is 2.94. The smallest absolute Gasteiger partial charge is 0.318 e. The van der Waals surface area contributed by atoms with Crippen LogP contribution in [0.2, 0.25) is 0 Å². The van der Waals surface area contributed by atoms with E-state index >= 15 is 0 Å². The molecular weight excluding hydrogens is 309 g/mol. The van der Waals surface area contributed by atoms with E-state index in [0.717, 1.165) is 17.8 Å². The van der Waals surface area contributed by atoms with Gasteiger partial charge in [0.2, 0.25) is 0 Å². The summed E-state index contributed by atoms with van der Waals surface area (Å²) in [5.74, 6) is 0.219. The fourth-order valence-electron chi connectivity index (χ4n) is 2.37. The molecule has 1 aliphatic rings. The summed E-state index contributed by atoms with van der Waals surface area (Å²) in [7, 11) is 0. The van der Waals surface area contributed by atoms with Crippen LogP contribution in [0.25, 0.3) is 0 Å². The molecule has 1 saturated heterocycles. The molecule has 0 spiro atoms. The molecule has 0 radical (unpaired) electrons. The van der Waals surface area contributed by atoms with Gasteiger partial charge >= 0.3 is 12.2 Å². The molecule has 0 unspecified atom stereocenters. The largest absolute Gasteiger partial charge is 0.417 e. The van der Waals surface area contributed by atoms with Crippen LogP contribution in [-0.2, 0) is 12.7 Å². The van der Waals surface area contributed by atoms with Crippen LogP contribution in [-0.4, -0.2) is 34.0 Å². The number of aromatic nitrogens is 2. The van der Waals surface area contributed by atoms with Gasteiger partial charge in [0.15, 0.2) is 0 Å². The van der Waals surface area contributed by atoms with E-state index in [4.69, 9.17) is 0 Å². The Balaban J connectivity index is 1.71. The molecule has 8 heteroatoms. The minimum Gasteiger partial charge on any atom is -0.318 e. The van der Waals surface area contributed by atoms with E-state index in [1.165, 1.54) is 11.0 Å². The highest BCUT2D eigenvalue weighted by atomic mass is 19.4. The van der Waals surface area contributed by atoms with E-state index in [9.17, 15) is 18.0 Å². The maximum Gasteiger partial charge on any atom is 0.417 e. The lowest BCUT2D eigenvalue weighted by Crippen LogP contribution is -2.32. The molecule has 0 N–H and O–H groups in total. The third kappa shape index (κ3) is 3.25. The molecule has 5 nitrogen and oxygen atoms in total. The quantitative estimate of drug-likeness (QED) is 0.873. The van der Waals surface area contributed by atoms with Gasteiger partial charge in [-0.15, -0.1) is 0 Å². The molecule has 2 amide bonds. The van der Waals surface area contributed by atoms with Crippen molar-refractivity contribution < 1.29 is 18.0 Å². The van der Waals surface area contributed by atoms with E-state index in [0.29, 0.717) is 19.6 Å². The summed E-state index contributed by atoms with van der Waals surface area (Å²) in [5, 5.41) is 0. The molecule has 2 aromatic rings. The summed E-state index contributed by atoms with van der Waals surface area (Å²) in [6.07, 6.45) is -0.376. The van der Waals surface area contributed by atoms with Gasteiger partial charge in [0, 0.05) is 38.2 Å². The number of urea groups is 1. The molecule has 0 bridgehead atoms. The Morgan fingerprint density at radius 2 is 1.96 bits per heavy atom. The van der Waals surface area contributed by atoms with Crippen LogP contribution in [0.4, 0.5) is 23.8 Å². The summed E-state index contributed by atoms with van der Waals surface area (Å²) in [4.78, 5) is 23.1. The maximum atomic E-state index is 12.5. The molecule has 0 saturated carbocycles. The highest BCUT2D eigenvalue weighted by Gasteiger charge is 2.33. The molecule has 120 valence electrons. The van der Waals surface area contributed by atoms with Crippen LogP contribution in [0.3, 0.4) is 0 Å². The average Bonchev–Trinajstić information content (AvgIpc) is 2.89. The molecular formula is C15H13F3N4O. The summed E-state index contributed by atoms with van der Waals surface area (Å²) < 4.78 is 37.6. The zero-order valence-corrected chi connectivity index (χ0v) is 12.0. The van der Waals surface area contributed by atoms with Gasteiger partial charge in [-0.05, 0) is 23.8 Å². The highest BCUT2D eigenvalue weighted by Crippen LogP contribution is 2.30. The summed E-state index contributed by atoms with van der Waals surface area (Å²) in [6.45, 7) is 1.28. The van der Waals surface area contributed by atoms with Crippen LogP contribution < -0.4 is 4.90 Å². The summed E-state index contributed by atoms with van der Waals surface area (Å²) in [5.41, 5.74) is 0.0585. The molecule has 0 atom stereocenters. The third-order valence-electron chi connectivity index (χ3n) is 3.54. The minimum atomic E-state index is -4.44. The van der Waals surface area contributed by atoms with Crippen molar-refractivity contribution in [3.8, 4) is 0 Å². The second-order valence-electron chi connectivity index (χ2n) is 5.12. The van der Waals surface area contributed by atoms with Crippen LogP contribution in [0.1, 0.15) is 11.1 Å². The SMILES string of the molecule is O=C1N(Cc2cccnc2)CCN1c1ccc(C(F)(F)F)cn1. The summed E-state index contributed by atoms with van der Waals surface area (Å²) >= 11 is 0. The van der Waals surface area contributed by atoms with Crippen molar-refractivity contribution in [2.45, 2.75) is 12.7 Å². The van der Waals surface area contributed by atoms with Gasteiger partial charge < -0.3 is 4.90 Å². The first-order chi connectivity index (χ1) is 10.9. The van der Waals surface area contributed by atoms with Gasteiger partial charge in [0.1, 0.15) is 5.82 Å². The monoisotopic (exact) mass is 322 g/mol. The predicted molar refractivity (Wildman–Crippen MR) is 76.6 cm³/mol. The third-order valence-corrected chi connectivity index (χ3v) is 3.54. The molecule has 0 aliphatic carbocycles. The van der Waals surface area contributed by atoms with E-state index < -0.39 is 11.7 Å². The molecule has 3 heterocycles. The second kappa shape index (κ2) is 5.86. The lowest BCUT2D eigenvalue weighted by molar-refractivity contribution is -0.137. The number of anilines is 1. The molecule has 3 rings (SSSR count). The fourth-order valence-corrected chi connectivity index (χ4v) is 2.37. The zero-order chi connectivity index (χ0) is 16.4. The Bertz CT molecular complexity index is 688. The zero-order valence-electron chi connectivity index (χ0n) is 12.0. The van der Waals surface area contributed by atoms with Gasteiger partial charge in [-0.3, -0.25) is 9.88 Å². The average molecular weight is 322 g/mol. The molecule has 1 fully saturated rings. The number of carbonyl (C=O) groups is 1. The number of halogens is 3. The standard InChI is InChI=1S/C15H13F3N4O/c16-15(17,18)12-3-4-13(20-9-12)22-7-6-21(14(22)23)10-11-2-1-5-19-8-11/h1-5,8-9H,6-7,10H2. The van der Waals surface area contributed by atoms with E-state index in [-0.39, 0.29) is 11.8 Å². The molecule has 0 aromatic carbocycles. The van der Waals surface area contributed by atoms with Crippen LogP contribution in [0, 0.1) is 0 Å². The fraction of sp³-hybridized carbons (Fsp3) is 0.267. The van der Waals surface area contributed by atoms with Crippen molar-refractivity contribution in [2.24, 2.45) is 0 Å². The number of carbonyl (C=O) groups excluding carboxylic acids is 1. The Morgan fingerprint density at radius 1 is 1.13 bits per heavy atom. The highest BCUT2D eigenvalue weighted by molar-refractivity contribution is 5.93. The lowest BCUT2D eigenvalue weighted by atomic mass is 10.2. The Morgan fingerprint density at radius 3 is 2.57 bits per heavy atom. The first kappa shape index (κ1) is 15.3. The van der Waals surface area contributed by atoms with Crippen molar-refractivity contribution in [2.75, 3.05) is 18.0 Å². The van der Waals surface area contributed by atoms with E-state index in [1.807, 2.05) is 6.07 Å². The molecule has 23 heavy (non-hydrogen) atoms. The van der Waals surface area contributed by atoms with E-state index in [1.54, 1.807) is 23.4 Å². The Hall–Kier alpha value is -2.64. The number of hydrogen-bond donors (Lipinski definition) is 0. The van der Waals surface area contributed by atoms with Crippen molar-refractivity contribution >= 4 is 11.8 Å². The van der Waals surface area contributed by atoms with Crippen molar-refractivity contribution in [3.05, 3.63) is 54.0 Å². The second-order valence-corrected chi connectivity index (χ2v) is 5.12. The van der Waals surface area contributed by atoms with Crippen molar-refractivity contribution in [1.29, 1.82) is 0 Å². The topological polar surface area (TPSA) is 49.3 Å². The van der Waals surface area contributed by atoms with Gasteiger partial charge in [0.05, 0.1) is 5.56 Å². The minimum absolute atomic E-state index is 0.219. The van der Waals surface area contributed by atoms with Gasteiger partial charge in [-0.2, -0.15) is 13.2 Å².